The van der Waals surface area contributed by atoms with Crippen LogP contribution in [0.1, 0.15) is 22.6 Å². The quantitative estimate of drug-likeness (QED) is 0.754. The highest BCUT2D eigenvalue weighted by molar-refractivity contribution is 5.87. The van der Waals surface area contributed by atoms with Gasteiger partial charge in [0.1, 0.15) is 0 Å². The van der Waals surface area contributed by atoms with Crippen molar-refractivity contribution in [2.75, 3.05) is 0 Å². The third kappa shape index (κ3) is 2.18. The van der Waals surface area contributed by atoms with E-state index in [-0.39, 0.29) is 5.56 Å². The van der Waals surface area contributed by atoms with Crippen LogP contribution < -0.4 is 0 Å². The van der Waals surface area contributed by atoms with E-state index in [9.17, 15) is 18.0 Å². The van der Waals surface area contributed by atoms with E-state index in [1.807, 2.05) is 0 Å². The summed E-state index contributed by atoms with van der Waals surface area (Å²) in [4.78, 5) is 11.5. The van der Waals surface area contributed by atoms with Crippen molar-refractivity contribution < 1.29 is 18.0 Å². The Labute approximate surface area is 101 Å². The maximum atomic E-state index is 12.7. The Bertz CT molecular complexity index is 547. The number of carbonyl (C=O) groups excluding carboxylic acids is 1. The standard InChI is InChI=1S/C12H9F3N2O/c1-7-8(9-5-6-16-17-11(9)18)3-2-4-10(7)12(13,14)15/h2-6,9H,1H3. The van der Waals surface area contributed by atoms with Crippen LogP contribution in [0.4, 0.5) is 13.2 Å². The Morgan fingerprint density at radius 3 is 2.61 bits per heavy atom. The molecule has 1 aliphatic heterocycles. The lowest BCUT2D eigenvalue weighted by atomic mass is 9.91. The summed E-state index contributed by atoms with van der Waals surface area (Å²) in [7, 11) is 0. The number of alkyl halides is 3. The molecule has 18 heavy (non-hydrogen) atoms. The second-order valence-corrected chi connectivity index (χ2v) is 3.89. The first-order chi connectivity index (χ1) is 8.41. The van der Waals surface area contributed by atoms with Crippen LogP contribution in [-0.4, -0.2) is 5.91 Å². The Morgan fingerprint density at radius 1 is 1.28 bits per heavy atom. The Morgan fingerprint density at radius 2 is 2.00 bits per heavy atom. The smallest absolute Gasteiger partial charge is 0.270 e. The molecule has 0 N–H and O–H groups in total. The molecule has 0 spiro atoms. The van der Waals surface area contributed by atoms with Crippen LogP contribution in [0, 0.1) is 6.92 Å². The maximum Gasteiger partial charge on any atom is 0.416 e. The highest BCUT2D eigenvalue weighted by Gasteiger charge is 2.34. The van der Waals surface area contributed by atoms with Crippen LogP contribution in [-0.2, 0) is 11.0 Å². The third-order valence-corrected chi connectivity index (χ3v) is 2.78. The normalized spacial score (nSPS) is 19.3. The molecule has 3 nitrogen and oxygen atoms in total. The zero-order valence-corrected chi connectivity index (χ0v) is 9.40. The van der Waals surface area contributed by atoms with Gasteiger partial charge in [-0.05, 0) is 30.2 Å². The van der Waals surface area contributed by atoms with Crippen molar-refractivity contribution in [3.8, 4) is 0 Å². The van der Waals surface area contributed by atoms with E-state index in [0.717, 1.165) is 6.07 Å². The van der Waals surface area contributed by atoms with Gasteiger partial charge in [0, 0.05) is 6.20 Å². The number of amides is 1. The molecule has 0 bridgehead atoms. The number of azo groups is 1. The van der Waals surface area contributed by atoms with Crippen molar-refractivity contribution in [3.63, 3.8) is 0 Å². The van der Waals surface area contributed by atoms with E-state index in [4.69, 9.17) is 0 Å². The van der Waals surface area contributed by atoms with Gasteiger partial charge in [-0.15, -0.1) is 5.11 Å². The molecule has 0 aliphatic carbocycles. The van der Waals surface area contributed by atoms with Crippen LogP contribution >= 0.6 is 0 Å². The molecule has 2 rings (SSSR count). The Balaban J connectivity index is 2.50. The second kappa shape index (κ2) is 4.36. The van der Waals surface area contributed by atoms with Crippen molar-refractivity contribution >= 4 is 5.91 Å². The molecule has 1 aromatic rings. The molecule has 1 heterocycles. The molecule has 1 aromatic carbocycles. The van der Waals surface area contributed by atoms with Crippen LogP contribution in [0.25, 0.3) is 0 Å². The first-order valence-corrected chi connectivity index (χ1v) is 5.19. The van der Waals surface area contributed by atoms with Crippen LogP contribution in [0.2, 0.25) is 0 Å². The van der Waals surface area contributed by atoms with Crippen molar-refractivity contribution in [1.82, 2.24) is 0 Å². The van der Waals surface area contributed by atoms with Crippen LogP contribution in [0.15, 0.2) is 40.7 Å². The van der Waals surface area contributed by atoms with Gasteiger partial charge in [-0.3, -0.25) is 4.79 Å². The minimum absolute atomic E-state index is 0.0464. The van der Waals surface area contributed by atoms with Crippen molar-refractivity contribution in [2.24, 2.45) is 10.2 Å². The SMILES string of the molecule is Cc1c(C2C=CN=NC2=O)cccc1C(F)(F)F. The van der Waals surface area contributed by atoms with Crippen LogP contribution in [0.5, 0.6) is 0 Å². The fourth-order valence-electron chi connectivity index (χ4n) is 1.89. The van der Waals surface area contributed by atoms with Crippen molar-refractivity contribution in [2.45, 2.75) is 19.0 Å². The summed E-state index contributed by atoms with van der Waals surface area (Å²) in [5, 5.41) is 6.75. The fraction of sp³-hybridized carbons (Fsp3) is 0.250. The van der Waals surface area contributed by atoms with Gasteiger partial charge in [0.25, 0.3) is 5.91 Å². The van der Waals surface area contributed by atoms with E-state index in [1.165, 1.54) is 31.3 Å². The maximum absolute atomic E-state index is 12.7. The molecule has 0 saturated heterocycles. The number of hydrogen-bond donors (Lipinski definition) is 0. The molecule has 1 unspecified atom stereocenters. The van der Waals surface area contributed by atoms with Gasteiger partial charge in [-0.2, -0.15) is 18.3 Å². The molecular formula is C12H9F3N2O. The predicted octanol–water partition coefficient (Wildman–Crippen LogP) is 3.60. The molecule has 1 amide bonds. The molecule has 94 valence electrons. The monoisotopic (exact) mass is 254 g/mol. The first-order valence-electron chi connectivity index (χ1n) is 5.19. The van der Waals surface area contributed by atoms with Crippen molar-refractivity contribution in [1.29, 1.82) is 0 Å². The second-order valence-electron chi connectivity index (χ2n) is 3.89. The predicted molar refractivity (Wildman–Crippen MR) is 57.9 cm³/mol. The summed E-state index contributed by atoms with van der Waals surface area (Å²) >= 11 is 0. The molecule has 0 aromatic heterocycles. The summed E-state index contributed by atoms with van der Waals surface area (Å²) in [6, 6.07) is 3.79. The fourth-order valence-corrected chi connectivity index (χ4v) is 1.89. The summed E-state index contributed by atoms with van der Waals surface area (Å²) in [5.74, 6) is -1.34. The van der Waals surface area contributed by atoms with E-state index in [0.29, 0.717) is 5.56 Å². The number of halogens is 3. The zero-order chi connectivity index (χ0) is 13.3. The summed E-state index contributed by atoms with van der Waals surface area (Å²) in [6.45, 7) is 1.35. The van der Waals surface area contributed by atoms with E-state index in [2.05, 4.69) is 10.2 Å². The summed E-state index contributed by atoms with van der Waals surface area (Å²) < 4.78 is 38.2. The molecular weight excluding hydrogens is 245 g/mol. The molecule has 0 saturated carbocycles. The molecule has 1 aliphatic rings. The van der Waals surface area contributed by atoms with E-state index >= 15 is 0 Å². The van der Waals surface area contributed by atoms with Crippen molar-refractivity contribution in [3.05, 3.63) is 47.2 Å². The van der Waals surface area contributed by atoms with Gasteiger partial charge < -0.3 is 0 Å². The van der Waals surface area contributed by atoms with E-state index < -0.39 is 23.6 Å². The Kier molecular flexibility index (Phi) is 3.02. The molecule has 0 radical (unpaired) electrons. The van der Waals surface area contributed by atoms with Crippen LogP contribution in [0.3, 0.4) is 0 Å². The summed E-state index contributed by atoms with van der Waals surface area (Å²) in [5.41, 5.74) is -0.376. The number of hydrogen-bond acceptors (Lipinski definition) is 2. The average Bonchev–Trinajstić information content (AvgIpc) is 2.29. The minimum atomic E-state index is -4.43. The number of benzene rings is 1. The van der Waals surface area contributed by atoms with Gasteiger partial charge in [0.05, 0.1) is 11.5 Å². The lowest BCUT2D eigenvalue weighted by molar-refractivity contribution is -0.138. The zero-order valence-electron chi connectivity index (χ0n) is 9.40. The highest BCUT2D eigenvalue weighted by atomic mass is 19.4. The lowest BCUT2D eigenvalue weighted by Crippen LogP contribution is -2.14. The van der Waals surface area contributed by atoms with Gasteiger partial charge in [-0.1, -0.05) is 12.1 Å². The molecule has 6 heteroatoms. The molecule has 1 atom stereocenters. The topological polar surface area (TPSA) is 41.8 Å². The van der Waals surface area contributed by atoms with Gasteiger partial charge in [-0.25, -0.2) is 0 Å². The minimum Gasteiger partial charge on any atom is -0.270 e. The van der Waals surface area contributed by atoms with E-state index in [1.54, 1.807) is 0 Å². The number of carbonyl (C=O) groups is 1. The molecule has 0 fully saturated rings. The highest BCUT2D eigenvalue weighted by Crippen LogP contribution is 2.35. The Hall–Kier alpha value is -1.98. The number of nitrogens with zero attached hydrogens (tertiary/aromatic N) is 2. The summed E-state index contributed by atoms with van der Waals surface area (Å²) in [6.07, 6.45) is -1.67. The van der Waals surface area contributed by atoms with Gasteiger partial charge in [0.15, 0.2) is 0 Å². The largest absolute Gasteiger partial charge is 0.416 e. The van der Waals surface area contributed by atoms with Gasteiger partial charge >= 0.3 is 6.18 Å². The number of rotatable bonds is 1. The first kappa shape index (κ1) is 12.5. The average molecular weight is 254 g/mol. The van der Waals surface area contributed by atoms with Gasteiger partial charge in [0.2, 0.25) is 0 Å². The lowest BCUT2D eigenvalue weighted by Gasteiger charge is -2.17. The third-order valence-electron chi connectivity index (χ3n) is 2.78.